The van der Waals surface area contributed by atoms with Gasteiger partial charge in [-0.3, -0.25) is 0 Å². The summed E-state index contributed by atoms with van der Waals surface area (Å²) < 4.78 is 5.92. The molecule has 0 radical (unpaired) electrons. The Morgan fingerprint density at radius 2 is 1.62 bits per heavy atom. The van der Waals surface area contributed by atoms with Crippen LogP contribution in [0, 0.1) is 30.6 Å². The molecule has 5 atom stereocenters. The summed E-state index contributed by atoms with van der Waals surface area (Å²) in [4.78, 5) is 0. The van der Waals surface area contributed by atoms with Crippen molar-refractivity contribution in [2.24, 2.45) is 23.7 Å². The first-order valence-electron chi connectivity index (χ1n) is 10.4. The van der Waals surface area contributed by atoms with Crippen molar-refractivity contribution >= 4 is 0 Å². The molecular formula is C23H34O. The molecular weight excluding hydrogens is 292 g/mol. The van der Waals surface area contributed by atoms with Crippen LogP contribution in [0.4, 0.5) is 0 Å². The molecule has 1 nitrogen and oxygen atoms in total. The lowest BCUT2D eigenvalue weighted by Crippen LogP contribution is -2.37. The van der Waals surface area contributed by atoms with E-state index in [-0.39, 0.29) is 0 Å². The molecule has 132 valence electrons. The summed E-state index contributed by atoms with van der Waals surface area (Å²) in [6.45, 7) is 5.27. The van der Waals surface area contributed by atoms with Crippen molar-refractivity contribution in [2.45, 2.75) is 77.7 Å². The van der Waals surface area contributed by atoms with Gasteiger partial charge in [-0.15, -0.1) is 0 Å². The number of fused-ring (bicyclic) bond motifs is 2. The summed E-state index contributed by atoms with van der Waals surface area (Å²) in [5, 5.41) is 0. The topological polar surface area (TPSA) is 9.23 Å². The number of ether oxygens (including phenoxy) is 1. The Balaban J connectivity index is 1.37. The highest BCUT2D eigenvalue weighted by atomic mass is 16.5. The average Bonchev–Trinajstić information content (AvgIpc) is 2.61. The molecule has 1 heteroatoms. The molecule has 24 heavy (non-hydrogen) atoms. The fourth-order valence-electron chi connectivity index (χ4n) is 6.01. The molecule has 1 aromatic carbocycles. The largest absolute Gasteiger partial charge is 0.378 e. The number of hydrogen-bond donors (Lipinski definition) is 0. The van der Waals surface area contributed by atoms with Crippen molar-refractivity contribution in [3.05, 3.63) is 34.9 Å². The van der Waals surface area contributed by atoms with E-state index in [4.69, 9.17) is 4.74 Å². The standard InChI is InChI=1S/C23H34O/c1-3-24-23-11-10-21-14-20(8-9-22(21)15-23)19-7-6-17-12-16(2)4-5-18(17)13-19/h4-5,12,19-23H,3,6-11,13-15H2,1-2H3/t19?,20?,21-,22?,23-/m1/s1. The normalized spacial score (nSPS) is 36.0. The third-order valence-electron chi connectivity index (χ3n) is 7.30. The van der Waals surface area contributed by atoms with Crippen molar-refractivity contribution in [3.8, 4) is 0 Å². The lowest BCUT2D eigenvalue weighted by Gasteiger charge is -2.44. The molecule has 0 bridgehead atoms. The first-order valence-corrected chi connectivity index (χ1v) is 10.4. The summed E-state index contributed by atoms with van der Waals surface area (Å²) in [5.41, 5.74) is 4.72. The Kier molecular flexibility index (Phi) is 4.99. The van der Waals surface area contributed by atoms with E-state index in [0.29, 0.717) is 6.10 Å². The van der Waals surface area contributed by atoms with Crippen molar-refractivity contribution in [3.63, 3.8) is 0 Å². The second-order valence-corrected chi connectivity index (χ2v) is 8.76. The summed E-state index contributed by atoms with van der Waals surface area (Å²) in [7, 11) is 0. The molecule has 0 saturated heterocycles. The lowest BCUT2D eigenvalue weighted by atomic mass is 9.62. The molecule has 2 fully saturated rings. The van der Waals surface area contributed by atoms with Gasteiger partial charge >= 0.3 is 0 Å². The van der Waals surface area contributed by atoms with Crippen LogP contribution >= 0.6 is 0 Å². The Morgan fingerprint density at radius 3 is 2.46 bits per heavy atom. The van der Waals surface area contributed by atoms with Crippen LogP contribution in [0.25, 0.3) is 0 Å². The summed E-state index contributed by atoms with van der Waals surface area (Å²) in [6.07, 6.45) is 13.2. The van der Waals surface area contributed by atoms with Gasteiger partial charge in [0.15, 0.2) is 0 Å². The van der Waals surface area contributed by atoms with Gasteiger partial charge in [-0.2, -0.15) is 0 Å². The van der Waals surface area contributed by atoms with E-state index in [1.807, 2.05) is 0 Å². The maximum atomic E-state index is 5.92. The number of hydrogen-bond acceptors (Lipinski definition) is 1. The van der Waals surface area contributed by atoms with E-state index in [9.17, 15) is 0 Å². The third-order valence-corrected chi connectivity index (χ3v) is 7.30. The maximum absolute atomic E-state index is 5.92. The average molecular weight is 327 g/mol. The molecule has 4 rings (SSSR count). The van der Waals surface area contributed by atoms with Gasteiger partial charge in [0.25, 0.3) is 0 Å². The predicted molar refractivity (Wildman–Crippen MR) is 100 cm³/mol. The quantitative estimate of drug-likeness (QED) is 0.690. The number of rotatable bonds is 3. The van der Waals surface area contributed by atoms with Gasteiger partial charge in [0.05, 0.1) is 6.10 Å². The zero-order chi connectivity index (χ0) is 16.5. The van der Waals surface area contributed by atoms with Crippen molar-refractivity contribution in [1.29, 1.82) is 0 Å². The van der Waals surface area contributed by atoms with Gasteiger partial charge in [0.1, 0.15) is 0 Å². The van der Waals surface area contributed by atoms with E-state index in [2.05, 4.69) is 32.0 Å². The molecule has 0 N–H and O–H groups in total. The highest BCUT2D eigenvalue weighted by Crippen LogP contribution is 2.47. The van der Waals surface area contributed by atoms with Crippen LogP contribution in [-0.2, 0) is 17.6 Å². The van der Waals surface area contributed by atoms with Crippen LogP contribution in [0.15, 0.2) is 18.2 Å². The fraction of sp³-hybridized carbons (Fsp3) is 0.739. The Bertz CT molecular complexity index is 563. The third kappa shape index (κ3) is 3.43. The van der Waals surface area contributed by atoms with Gasteiger partial charge in [-0.05, 0) is 106 Å². The van der Waals surface area contributed by atoms with E-state index >= 15 is 0 Å². The number of aryl methyl sites for hydroxylation is 2. The van der Waals surface area contributed by atoms with Crippen molar-refractivity contribution in [1.82, 2.24) is 0 Å². The van der Waals surface area contributed by atoms with Crippen LogP contribution in [0.2, 0.25) is 0 Å². The minimum Gasteiger partial charge on any atom is -0.378 e. The highest BCUT2D eigenvalue weighted by Gasteiger charge is 2.38. The molecule has 3 aliphatic carbocycles. The molecule has 0 amide bonds. The van der Waals surface area contributed by atoms with Crippen molar-refractivity contribution in [2.75, 3.05) is 6.61 Å². The monoisotopic (exact) mass is 326 g/mol. The second kappa shape index (κ2) is 7.20. The minimum absolute atomic E-state index is 0.567. The van der Waals surface area contributed by atoms with Crippen LogP contribution in [0.5, 0.6) is 0 Å². The fourth-order valence-corrected chi connectivity index (χ4v) is 6.01. The Labute approximate surface area is 148 Å². The second-order valence-electron chi connectivity index (χ2n) is 8.76. The molecule has 2 saturated carbocycles. The zero-order valence-corrected chi connectivity index (χ0v) is 15.6. The molecule has 0 aliphatic heterocycles. The summed E-state index contributed by atoms with van der Waals surface area (Å²) >= 11 is 0. The maximum Gasteiger partial charge on any atom is 0.0577 e. The zero-order valence-electron chi connectivity index (χ0n) is 15.6. The van der Waals surface area contributed by atoms with Crippen LogP contribution in [-0.4, -0.2) is 12.7 Å². The molecule has 1 aromatic rings. The Morgan fingerprint density at radius 1 is 0.875 bits per heavy atom. The SMILES string of the molecule is CCO[C@@H]1CC[C@@H]2CC(C3CCc4cc(C)ccc4C3)CCC2C1. The van der Waals surface area contributed by atoms with E-state index in [1.54, 1.807) is 11.1 Å². The van der Waals surface area contributed by atoms with Gasteiger partial charge in [-0.1, -0.05) is 23.8 Å². The smallest absolute Gasteiger partial charge is 0.0577 e. The predicted octanol–water partition coefficient (Wildman–Crippen LogP) is 5.72. The molecule has 3 aliphatic rings. The lowest BCUT2D eigenvalue weighted by molar-refractivity contribution is -0.0192. The van der Waals surface area contributed by atoms with Crippen molar-refractivity contribution < 1.29 is 4.74 Å². The minimum atomic E-state index is 0.567. The number of benzene rings is 1. The van der Waals surface area contributed by atoms with Gasteiger partial charge in [-0.25, -0.2) is 0 Å². The molecule has 0 spiro atoms. The van der Waals surface area contributed by atoms with Gasteiger partial charge in [0.2, 0.25) is 0 Å². The molecule has 3 unspecified atom stereocenters. The Hall–Kier alpha value is -0.820. The van der Waals surface area contributed by atoms with E-state index < -0.39 is 0 Å². The van der Waals surface area contributed by atoms with Gasteiger partial charge in [0, 0.05) is 6.61 Å². The molecule has 0 aromatic heterocycles. The highest BCUT2D eigenvalue weighted by molar-refractivity contribution is 5.33. The van der Waals surface area contributed by atoms with Crippen LogP contribution in [0.1, 0.15) is 68.6 Å². The van der Waals surface area contributed by atoms with E-state index in [0.717, 1.165) is 30.3 Å². The van der Waals surface area contributed by atoms with Crippen LogP contribution in [0.3, 0.4) is 0 Å². The van der Waals surface area contributed by atoms with Crippen LogP contribution < -0.4 is 0 Å². The first-order chi connectivity index (χ1) is 11.7. The van der Waals surface area contributed by atoms with Gasteiger partial charge < -0.3 is 4.74 Å². The summed E-state index contributed by atoms with van der Waals surface area (Å²) in [5.74, 6) is 3.90. The summed E-state index contributed by atoms with van der Waals surface area (Å²) in [6, 6.07) is 7.15. The first kappa shape index (κ1) is 16.6. The van der Waals surface area contributed by atoms with E-state index in [1.165, 1.54) is 63.4 Å². The molecule has 0 heterocycles.